The van der Waals surface area contributed by atoms with Crippen LogP contribution in [0.1, 0.15) is 19.4 Å². The van der Waals surface area contributed by atoms with Crippen molar-refractivity contribution in [1.82, 2.24) is 5.32 Å². The molecule has 1 rings (SSSR count). The third-order valence-electron chi connectivity index (χ3n) is 2.88. The number of rotatable bonds is 7. The molecule has 1 atom stereocenters. The van der Waals surface area contributed by atoms with E-state index in [0.29, 0.717) is 13.0 Å². The zero-order chi connectivity index (χ0) is 15.1. The van der Waals surface area contributed by atoms with Crippen molar-refractivity contribution in [3.8, 4) is 5.75 Å². The van der Waals surface area contributed by atoms with Crippen LogP contribution >= 0.6 is 0 Å². The van der Waals surface area contributed by atoms with E-state index in [4.69, 9.17) is 5.73 Å². The van der Waals surface area contributed by atoms with Crippen molar-refractivity contribution in [2.45, 2.75) is 32.9 Å². The van der Waals surface area contributed by atoms with Crippen LogP contribution in [0.15, 0.2) is 24.3 Å². The first-order valence-electron chi connectivity index (χ1n) is 6.47. The Morgan fingerprint density at radius 1 is 1.30 bits per heavy atom. The molecule has 3 N–H and O–H groups in total. The molecule has 4 nitrogen and oxygen atoms in total. The SMILES string of the molecule is CC(C)[C@H](N)C(=O)NCCc1ccc(OC(F)F)cc1. The van der Waals surface area contributed by atoms with Gasteiger partial charge in [0.15, 0.2) is 0 Å². The van der Waals surface area contributed by atoms with Gasteiger partial charge in [-0.2, -0.15) is 8.78 Å². The number of hydrogen-bond donors (Lipinski definition) is 2. The van der Waals surface area contributed by atoms with Gasteiger partial charge in [0.1, 0.15) is 5.75 Å². The van der Waals surface area contributed by atoms with E-state index < -0.39 is 12.7 Å². The summed E-state index contributed by atoms with van der Waals surface area (Å²) in [6.45, 7) is 1.39. The molecule has 1 amide bonds. The minimum atomic E-state index is -2.82. The van der Waals surface area contributed by atoms with E-state index >= 15 is 0 Å². The first kappa shape index (κ1) is 16.4. The molecule has 0 radical (unpaired) electrons. The maximum absolute atomic E-state index is 12.0. The molecule has 0 heterocycles. The molecule has 1 aromatic carbocycles. The molecule has 0 saturated heterocycles. The van der Waals surface area contributed by atoms with E-state index in [1.54, 1.807) is 12.1 Å². The van der Waals surface area contributed by atoms with Crippen molar-refractivity contribution in [2.75, 3.05) is 6.54 Å². The zero-order valence-corrected chi connectivity index (χ0v) is 11.6. The predicted molar refractivity (Wildman–Crippen MR) is 72.6 cm³/mol. The van der Waals surface area contributed by atoms with Crippen LogP contribution in [0.25, 0.3) is 0 Å². The molecule has 6 heteroatoms. The Bertz CT molecular complexity index is 422. The van der Waals surface area contributed by atoms with E-state index in [2.05, 4.69) is 10.1 Å². The fourth-order valence-corrected chi connectivity index (χ4v) is 1.59. The van der Waals surface area contributed by atoms with Crippen molar-refractivity contribution < 1.29 is 18.3 Å². The molecular weight excluding hydrogens is 266 g/mol. The maximum Gasteiger partial charge on any atom is 0.387 e. The predicted octanol–water partition coefficient (Wildman–Crippen LogP) is 1.93. The van der Waals surface area contributed by atoms with Crippen LogP contribution in [0, 0.1) is 5.92 Å². The Balaban J connectivity index is 2.37. The Labute approximate surface area is 117 Å². The van der Waals surface area contributed by atoms with Gasteiger partial charge in [0.05, 0.1) is 6.04 Å². The topological polar surface area (TPSA) is 64.4 Å². The number of alkyl halides is 2. The van der Waals surface area contributed by atoms with E-state index in [9.17, 15) is 13.6 Å². The maximum atomic E-state index is 12.0. The molecule has 0 aromatic heterocycles. The molecule has 0 bridgehead atoms. The van der Waals surface area contributed by atoms with E-state index in [0.717, 1.165) is 5.56 Å². The van der Waals surface area contributed by atoms with Crippen molar-refractivity contribution in [3.05, 3.63) is 29.8 Å². The second-order valence-electron chi connectivity index (χ2n) is 4.83. The normalized spacial score (nSPS) is 12.6. The number of benzene rings is 1. The van der Waals surface area contributed by atoms with Crippen LogP contribution in [0.3, 0.4) is 0 Å². The Hall–Kier alpha value is -1.69. The highest BCUT2D eigenvalue weighted by atomic mass is 19.3. The van der Waals surface area contributed by atoms with E-state index in [-0.39, 0.29) is 17.6 Å². The van der Waals surface area contributed by atoms with Crippen LogP contribution in [-0.4, -0.2) is 25.1 Å². The number of nitrogens with two attached hydrogens (primary N) is 1. The summed E-state index contributed by atoms with van der Waals surface area (Å²) in [6.07, 6.45) is 0.603. The van der Waals surface area contributed by atoms with Gasteiger partial charge in [-0.3, -0.25) is 4.79 Å². The summed E-state index contributed by atoms with van der Waals surface area (Å²) in [4.78, 5) is 11.6. The van der Waals surface area contributed by atoms with Crippen LogP contribution < -0.4 is 15.8 Å². The molecule has 20 heavy (non-hydrogen) atoms. The van der Waals surface area contributed by atoms with Gasteiger partial charge in [-0.15, -0.1) is 0 Å². The summed E-state index contributed by atoms with van der Waals surface area (Å²) in [5.41, 5.74) is 6.63. The van der Waals surface area contributed by atoms with Gasteiger partial charge in [-0.05, 0) is 30.0 Å². The lowest BCUT2D eigenvalue weighted by Crippen LogP contribution is -2.44. The number of carbonyl (C=O) groups is 1. The van der Waals surface area contributed by atoms with Gasteiger partial charge in [0, 0.05) is 6.54 Å². The number of nitrogens with one attached hydrogen (secondary N) is 1. The fourth-order valence-electron chi connectivity index (χ4n) is 1.59. The van der Waals surface area contributed by atoms with Crippen LogP contribution in [0.5, 0.6) is 5.75 Å². The summed E-state index contributed by atoms with van der Waals surface area (Å²) < 4.78 is 28.2. The number of carbonyl (C=O) groups excluding carboxylic acids is 1. The Morgan fingerprint density at radius 3 is 2.40 bits per heavy atom. The molecule has 0 aliphatic heterocycles. The average molecular weight is 286 g/mol. The standard InChI is InChI=1S/C14H20F2N2O2/c1-9(2)12(17)13(19)18-8-7-10-3-5-11(6-4-10)20-14(15)16/h3-6,9,12,14H,7-8,17H2,1-2H3,(H,18,19)/t12-/m0/s1. The van der Waals surface area contributed by atoms with E-state index in [1.165, 1.54) is 12.1 Å². The van der Waals surface area contributed by atoms with Gasteiger partial charge < -0.3 is 15.8 Å². The van der Waals surface area contributed by atoms with Crippen molar-refractivity contribution >= 4 is 5.91 Å². The van der Waals surface area contributed by atoms with Crippen LogP contribution in [0.4, 0.5) is 8.78 Å². The molecule has 1 aromatic rings. The molecule has 112 valence electrons. The van der Waals surface area contributed by atoms with Gasteiger partial charge >= 0.3 is 6.61 Å². The average Bonchev–Trinajstić information content (AvgIpc) is 2.39. The van der Waals surface area contributed by atoms with E-state index in [1.807, 2.05) is 13.8 Å². The number of ether oxygens (including phenoxy) is 1. The first-order valence-corrected chi connectivity index (χ1v) is 6.47. The largest absolute Gasteiger partial charge is 0.435 e. The minimum absolute atomic E-state index is 0.0841. The van der Waals surface area contributed by atoms with Crippen LogP contribution in [0.2, 0.25) is 0 Å². The third-order valence-corrected chi connectivity index (χ3v) is 2.88. The fraction of sp³-hybridized carbons (Fsp3) is 0.500. The molecule has 0 aliphatic carbocycles. The smallest absolute Gasteiger partial charge is 0.387 e. The molecule has 0 spiro atoms. The summed E-state index contributed by atoms with van der Waals surface area (Å²) >= 11 is 0. The number of hydrogen-bond acceptors (Lipinski definition) is 3. The molecule has 0 unspecified atom stereocenters. The van der Waals surface area contributed by atoms with Gasteiger partial charge in [0.25, 0.3) is 0 Å². The third kappa shape index (κ3) is 5.52. The lowest BCUT2D eigenvalue weighted by atomic mass is 10.0. The van der Waals surface area contributed by atoms with Gasteiger partial charge in [0.2, 0.25) is 5.91 Å². The summed E-state index contributed by atoms with van der Waals surface area (Å²) in [5, 5.41) is 2.74. The molecule has 0 fully saturated rings. The zero-order valence-electron chi connectivity index (χ0n) is 11.6. The van der Waals surface area contributed by atoms with Gasteiger partial charge in [-0.25, -0.2) is 0 Å². The van der Waals surface area contributed by atoms with Crippen LogP contribution in [-0.2, 0) is 11.2 Å². The van der Waals surface area contributed by atoms with Crippen molar-refractivity contribution in [1.29, 1.82) is 0 Å². The van der Waals surface area contributed by atoms with Crippen molar-refractivity contribution in [3.63, 3.8) is 0 Å². The summed E-state index contributed by atoms with van der Waals surface area (Å²) in [7, 11) is 0. The highest BCUT2D eigenvalue weighted by Crippen LogP contribution is 2.14. The van der Waals surface area contributed by atoms with Crippen molar-refractivity contribution in [2.24, 2.45) is 11.7 Å². The lowest BCUT2D eigenvalue weighted by Gasteiger charge is -2.15. The number of halogens is 2. The molecular formula is C14H20F2N2O2. The highest BCUT2D eigenvalue weighted by molar-refractivity contribution is 5.81. The lowest BCUT2D eigenvalue weighted by molar-refractivity contribution is -0.123. The summed E-state index contributed by atoms with van der Waals surface area (Å²) in [5.74, 6) is 0.0213. The summed E-state index contributed by atoms with van der Waals surface area (Å²) in [6, 6.07) is 5.81. The monoisotopic (exact) mass is 286 g/mol. The second-order valence-corrected chi connectivity index (χ2v) is 4.83. The Kier molecular flexibility index (Phi) is 6.38. The highest BCUT2D eigenvalue weighted by Gasteiger charge is 2.16. The number of amides is 1. The Morgan fingerprint density at radius 2 is 1.90 bits per heavy atom. The quantitative estimate of drug-likeness (QED) is 0.805. The molecule has 0 saturated carbocycles. The van der Waals surface area contributed by atoms with Gasteiger partial charge in [-0.1, -0.05) is 26.0 Å². The minimum Gasteiger partial charge on any atom is -0.435 e. The second kappa shape index (κ2) is 7.79. The first-order chi connectivity index (χ1) is 9.40. The molecule has 0 aliphatic rings.